The summed E-state index contributed by atoms with van der Waals surface area (Å²) in [6.07, 6.45) is 10.2. The first kappa shape index (κ1) is 14.3. The standard InChI is InChI=1S/C16H32N2/c1-14(2)11-17-12-16-9-5-6-10-18(16)13-15-7-3-4-8-15/h14-17H,3-13H2,1-2H3. The van der Waals surface area contributed by atoms with Gasteiger partial charge in [0.2, 0.25) is 0 Å². The van der Waals surface area contributed by atoms with Gasteiger partial charge < -0.3 is 5.32 Å². The van der Waals surface area contributed by atoms with Gasteiger partial charge in [0, 0.05) is 19.1 Å². The molecule has 1 N–H and O–H groups in total. The van der Waals surface area contributed by atoms with Crippen LogP contribution in [-0.4, -0.2) is 37.1 Å². The molecule has 0 aromatic heterocycles. The molecule has 0 aromatic carbocycles. The number of piperidine rings is 1. The summed E-state index contributed by atoms with van der Waals surface area (Å²) in [7, 11) is 0. The molecular formula is C16H32N2. The largest absolute Gasteiger partial charge is 0.315 e. The molecule has 0 aromatic rings. The summed E-state index contributed by atoms with van der Waals surface area (Å²) in [6, 6.07) is 0.818. The molecule has 2 fully saturated rings. The van der Waals surface area contributed by atoms with Crippen LogP contribution in [0.1, 0.15) is 58.8 Å². The summed E-state index contributed by atoms with van der Waals surface area (Å²) in [5, 5.41) is 3.67. The van der Waals surface area contributed by atoms with Gasteiger partial charge in [-0.2, -0.15) is 0 Å². The predicted octanol–water partition coefficient (Wildman–Crippen LogP) is 3.28. The Balaban J connectivity index is 1.73. The number of rotatable bonds is 6. The van der Waals surface area contributed by atoms with Crippen LogP contribution >= 0.6 is 0 Å². The number of nitrogens with zero attached hydrogens (tertiary/aromatic N) is 1. The van der Waals surface area contributed by atoms with Gasteiger partial charge >= 0.3 is 0 Å². The van der Waals surface area contributed by atoms with Crippen molar-refractivity contribution in [2.75, 3.05) is 26.2 Å². The lowest BCUT2D eigenvalue weighted by atomic mass is 9.99. The van der Waals surface area contributed by atoms with E-state index >= 15 is 0 Å². The third-order valence-corrected chi connectivity index (χ3v) is 4.65. The Hall–Kier alpha value is -0.0800. The van der Waals surface area contributed by atoms with Crippen LogP contribution in [0.3, 0.4) is 0 Å². The highest BCUT2D eigenvalue weighted by atomic mass is 15.2. The first-order valence-corrected chi connectivity index (χ1v) is 8.20. The quantitative estimate of drug-likeness (QED) is 0.780. The molecule has 2 aliphatic rings. The summed E-state index contributed by atoms with van der Waals surface area (Å²) in [5.74, 6) is 1.78. The Labute approximate surface area is 114 Å². The Kier molecular flexibility index (Phi) is 5.97. The normalized spacial score (nSPS) is 27.2. The van der Waals surface area contributed by atoms with Crippen LogP contribution in [0.4, 0.5) is 0 Å². The molecule has 1 saturated carbocycles. The third-order valence-electron chi connectivity index (χ3n) is 4.65. The first-order chi connectivity index (χ1) is 8.75. The zero-order chi connectivity index (χ0) is 12.8. The smallest absolute Gasteiger partial charge is 0.0220 e. The van der Waals surface area contributed by atoms with E-state index < -0.39 is 0 Å². The van der Waals surface area contributed by atoms with Gasteiger partial charge in [0.05, 0.1) is 0 Å². The van der Waals surface area contributed by atoms with Crippen LogP contribution in [0.5, 0.6) is 0 Å². The van der Waals surface area contributed by atoms with Gasteiger partial charge in [0.25, 0.3) is 0 Å². The average molecular weight is 252 g/mol. The summed E-state index contributed by atoms with van der Waals surface area (Å²) < 4.78 is 0. The molecule has 0 spiro atoms. The minimum Gasteiger partial charge on any atom is -0.315 e. The summed E-state index contributed by atoms with van der Waals surface area (Å²) >= 11 is 0. The van der Waals surface area contributed by atoms with Gasteiger partial charge in [-0.3, -0.25) is 4.90 Å². The maximum Gasteiger partial charge on any atom is 0.0220 e. The van der Waals surface area contributed by atoms with E-state index in [1.54, 1.807) is 0 Å². The van der Waals surface area contributed by atoms with Gasteiger partial charge in [0.15, 0.2) is 0 Å². The van der Waals surface area contributed by atoms with E-state index in [1.165, 1.54) is 71.1 Å². The van der Waals surface area contributed by atoms with E-state index in [-0.39, 0.29) is 0 Å². The molecular weight excluding hydrogens is 220 g/mol. The second-order valence-corrected chi connectivity index (χ2v) is 6.85. The maximum atomic E-state index is 3.67. The van der Waals surface area contributed by atoms with Crippen LogP contribution in [0.25, 0.3) is 0 Å². The van der Waals surface area contributed by atoms with E-state index in [4.69, 9.17) is 0 Å². The molecule has 18 heavy (non-hydrogen) atoms. The Morgan fingerprint density at radius 3 is 2.50 bits per heavy atom. The molecule has 1 heterocycles. The Bertz CT molecular complexity index is 221. The topological polar surface area (TPSA) is 15.3 Å². The highest BCUT2D eigenvalue weighted by molar-refractivity contribution is 4.82. The van der Waals surface area contributed by atoms with Gasteiger partial charge in [-0.25, -0.2) is 0 Å². The fraction of sp³-hybridized carbons (Fsp3) is 1.00. The Morgan fingerprint density at radius 2 is 1.78 bits per heavy atom. The molecule has 0 radical (unpaired) electrons. The van der Waals surface area contributed by atoms with Crippen LogP contribution in [0.2, 0.25) is 0 Å². The second-order valence-electron chi connectivity index (χ2n) is 6.85. The maximum absolute atomic E-state index is 3.67. The van der Waals surface area contributed by atoms with Crippen LogP contribution < -0.4 is 5.32 Å². The molecule has 2 nitrogen and oxygen atoms in total. The van der Waals surface area contributed by atoms with Crippen LogP contribution in [0.15, 0.2) is 0 Å². The van der Waals surface area contributed by atoms with Crippen molar-refractivity contribution in [1.29, 1.82) is 0 Å². The van der Waals surface area contributed by atoms with E-state index in [0.717, 1.165) is 17.9 Å². The van der Waals surface area contributed by atoms with Crippen molar-refractivity contribution in [2.24, 2.45) is 11.8 Å². The number of nitrogens with one attached hydrogen (secondary N) is 1. The minimum atomic E-state index is 0.775. The Morgan fingerprint density at radius 1 is 1.06 bits per heavy atom. The molecule has 1 saturated heterocycles. The summed E-state index contributed by atoms with van der Waals surface area (Å²) in [5.41, 5.74) is 0. The molecule has 1 unspecified atom stereocenters. The molecule has 0 amide bonds. The number of hydrogen-bond donors (Lipinski definition) is 1. The lowest BCUT2D eigenvalue weighted by molar-refractivity contribution is 0.123. The van der Waals surface area contributed by atoms with Gasteiger partial charge in [-0.15, -0.1) is 0 Å². The highest BCUT2D eigenvalue weighted by Gasteiger charge is 2.25. The number of likely N-dealkylation sites (tertiary alicyclic amines) is 1. The number of hydrogen-bond acceptors (Lipinski definition) is 2. The molecule has 2 rings (SSSR count). The average Bonchev–Trinajstić information content (AvgIpc) is 2.84. The lowest BCUT2D eigenvalue weighted by Crippen LogP contribution is -2.47. The van der Waals surface area contributed by atoms with E-state index in [1.807, 2.05) is 0 Å². The highest BCUT2D eigenvalue weighted by Crippen LogP contribution is 2.28. The van der Waals surface area contributed by atoms with Gasteiger partial charge in [0.1, 0.15) is 0 Å². The fourth-order valence-corrected chi connectivity index (χ4v) is 3.59. The molecule has 106 valence electrons. The monoisotopic (exact) mass is 252 g/mol. The van der Waals surface area contributed by atoms with Crippen molar-refractivity contribution in [3.63, 3.8) is 0 Å². The zero-order valence-corrected chi connectivity index (χ0v) is 12.5. The minimum absolute atomic E-state index is 0.775. The van der Waals surface area contributed by atoms with E-state index in [0.29, 0.717) is 0 Å². The molecule has 0 bridgehead atoms. The first-order valence-electron chi connectivity index (χ1n) is 8.20. The SMILES string of the molecule is CC(C)CNCC1CCCCN1CC1CCCC1. The molecule has 1 aliphatic carbocycles. The molecule has 1 atom stereocenters. The van der Waals surface area contributed by atoms with Crippen molar-refractivity contribution < 1.29 is 0 Å². The molecule has 1 aliphatic heterocycles. The predicted molar refractivity (Wildman–Crippen MR) is 78.9 cm³/mol. The van der Waals surface area contributed by atoms with E-state index in [2.05, 4.69) is 24.1 Å². The fourth-order valence-electron chi connectivity index (χ4n) is 3.59. The second kappa shape index (κ2) is 7.49. The third kappa shape index (κ3) is 4.55. The van der Waals surface area contributed by atoms with Crippen LogP contribution in [-0.2, 0) is 0 Å². The van der Waals surface area contributed by atoms with Gasteiger partial charge in [-0.1, -0.05) is 33.1 Å². The van der Waals surface area contributed by atoms with Crippen molar-refractivity contribution in [3.8, 4) is 0 Å². The summed E-state index contributed by atoms with van der Waals surface area (Å²) in [6.45, 7) is 9.71. The van der Waals surface area contributed by atoms with Crippen molar-refractivity contribution in [2.45, 2.75) is 64.8 Å². The van der Waals surface area contributed by atoms with Crippen molar-refractivity contribution in [3.05, 3.63) is 0 Å². The van der Waals surface area contributed by atoms with E-state index in [9.17, 15) is 0 Å². The zero-order valence-electron chi connectivity index (χ0n) is 12.5. The van der Waals surface area contributed by atoms with Crippen molar-refractivity contribution >= 4 is 0 Å². The lowest BCUT2D eigenvalue weighted by Gasteiger charge is -2.37. The molecule has 2 heteroatoms. The van der Waals surface area contributed by atoms with Crippen LogP contribution in [0, 0.1) is 11.8 Å². The van der Waals surface area contributed by atoms with Gasteiger partial charge in [-0.05, 0) is 50.6 Å². The van der Waals surface area contributed by atoms with Crippen molar-refractivity contribution in [1.82, 2.24) is 10.2 Å². The summed E-state index contributed by atoms with van der Waals surface area (Å²) in [4.78, 5) is 2.80.